The first kappa shape index (κ1) is 16.0. The summed E-state index contributed by atoms with van der Waals surface area (Å²) in [6.07, 6.45) is 0.950. The SMILES string of the molecule is CCC(N)C(c1ccc(C)cc1)N1CCN(C(C)=O)CC1. The lowest BCUT2D eigenvalue weighted by Gasteiger charge is -2.41. The fourth-order valence-electron chi connectivity index (χ4n) is 3.03. The highest BCUT2D eigenvalue weighted by atomic mass is 16.2. The Balaban J connectivity index is 2.14. The normalized spacial score (nSPS) is 19.3. The van der Waals surface area contributed by atoms with E-state index in [1.807, 2.05) is 4.90 Å². The van der Waals surface area contributed by atoms with Crippen molar-refractivity contribution in [2.45, 2.75) is 39.3 Å². The van der Waals surface area contributed by atoms with Gasteiger partial charge in [-0.25, -0.2) is 0 Å². The molecule has 1 saturated heterocycles. The minimum atomic E-state index is 0.122. The van der Waals surface area contributed by atoms with Crippen molar-refractivity contribution in [3.63, 3.8) is 0 Å². The van der Waals surface area contributed by atoms with Crippen molar-refractivity contribution in [2.24, 2.45) is 5.73 Å². The van der Waals surface area contributed by atoms with Crippen LogP contribution in [0.15, 0.2) is 24.3 Å². The number of carbonyl (C=O) groups excluding carboxylic acids is 1. The van der Waals surface area contributed by atoms with Crippen LogP contribution in [0, 0.1) is 6.92 Å². The first-order valence-electron chi connectivity index (χ1n) is 7.84. The molecule has 2 N–H and O–H groups in total. The van der Waals surface area contributed by atoms with Gasteiger partial charge in [0, 0.05) is 39.1 Å². The Hall–Kier alpha value is -1.39. The van der Waals surface area contributed by atoms with Gasteiger partial charge >= 0.3 is 0 Å². The molecule has 2 rings (SSSR count). The Morgan fingerprint density at radius 3 is 2.24 bits per heavy atom. The quantitative estimate of drug-likeness (QED) is 0.921. The second-order valence-corrected chi connectivity index (χ2v) is 5.97. The number of piperazine rings is 1. The van der Waals surface area contributed by atoms with Crippen LogP contribution in [-0.4, -0.2) is 47.9 Å². The molecule has 0 aromatic heterocycles. The molecule has 0 aliphatic carbocycles. The maximum Gasteiger partial charge on any atom is 0.219 e. The Bertz CT molecular complexity index is 463. The summed E-state index contributed by atoms with van der Waals surface area (Å²) in [4.78, 5) is 15.8. The minimum absolute atomic E-state index is 0.122. The van der Waals surface area contributed by atoms with E-state index in [2.05, 4.69) is 43.0 Å². The smallest absolute Gasteiger partial charge is 0.219 e. The van der Waals surface area contributed by atoms with Crippen LogP contribution in [0.1, 0.15) is 37.4 Å². The number of nitrogens with two attached hydrogens (primary N) is 1. The molecule has 116 valence electrons. The van der Waals surface area contributed by atoms with E-state index in [1.165, 1.54) is 11.1 Å². The van der Waals surface area contributed by atoms with E-state index in [1.54, 1.807) is 6.92 Å². The van der Waals surface area contributed by atoms with Gasteiger partial charge < -0.3 is 10.6 Å². The first-order chi connectivity index (χ1) is 10.0. The predicted octanol–water partition coefficient (Wildman–Crippen LogP) is 1.94. The van der Waals surface area contributed by atoms with Crippen LogP contribution in [0.4, 0.5) is 0 Å². The van der Waals surface area contributed by atoms with Crippen LogP contribution < -0.4 is 5.73 Å². The summed E-state index contributed by atoms with van der Waals surface area (Å²) in [5, 5.41) is 0. The van der Waals surface area contributed by atoms with Gasteiger partial charge in [-0.2, -0.15) is 0 Å². The Kier molecular flexibility index (Phi) is 5.37. The van der Waals surface area contributed by atoms with Gasteiger partial charge in [-0.15, -0.1) is 0 Å². The van der Waals surface area contributed by atoms with Gasteiger partial charge in [-0.05, 0) is 18.9 Å². The lowest BCUT2D eigenvalue weighted by Crippen LogP contribution is -2.52. The van der Waals surface area contributed by atoms with E-state index in [0.717, 1.165) is 32.6 Å². The number of amides is 1. The van der Waals surface area contributed by atoms with E-state index in [4.69, 9.17) is 5.73 Å². The molecule has 0 bridgehead atoms. The largest absolute Gasteiger partial charge is 0.340 e. The van der Waals surface area contributed by atoms with Crippen molar-refractivity contribution < 1.29 is 4.79 Å². The summed E-state index contributed by atoms with van der Waals surface area (Å²) in [6, 6.07) is 9.04. The van der Waals surface area contributed by atoms with Crippen molar-refractivity contribution in [3.05, 3.63) is 35.4 Å². The molecular formula is C17H27N3O. The zero-order valence-electron chi connectivity index (χ0n) is 13.4. The van der Waals surface area contributed by atoms with Crippen LogP contribution >= 0.6 is 0 Å². The highest BCUT2D eigenvalue weighted by Crippen LogP contribution is 2.26. The molecule has 1 fully saturated rings. The number of carbonyl (C=O) groups is 1. The summed E-state index contributed by atoms with van der Waals surface area (Å²) in [7, 11) is 0. The minimum Gasteiger partial charge on any atom is -0.340 e. The van der Waals surface area contributed by atoms with Gasteiger partial charge in [-0.3, -0.25) is 9.69 Å². The van der Waals surface area contributed by atoms with E-state index < -0.39 is 0 Å². The van der Waals surface area contributed by atoms with Crippen molar-refractivity contribution >= 4 is 5.91 Å². The maximum absolute atomic E-state index is 11.5. The molecule has 1 heterocycles. The molecule has 0 radical (unpaired) electrons. The molecule has 4 heteroatoms. The Morgan fingerprint density at radius 1 is 1.19 bits per heavy atom. The molecule has 1 aliphatic heterocycles. The van der Waals surface area contributed by atoms with Crippen molar-refractivity contribution in [3.8, 4) is 0 Å². The third-order valence-corrected chi connectivity index (χ3v) is 4.45. The van der Waals surface area contributed by atoms with E-state index in [0.29, 0.717) is 0 Å². The van der Waals surface area contributed by atoms with Crippen LogP contribution in [0.3, 0.4) is 0 Å². The lowest BCUT2D eigenvalue weighted by molar-refractivity contribution is -0.130. The second kappa shape index (κ2) is 7.05. The highest BCUT2D eigenvalue weighted by Gasteiger charge is 2.29. The molecular weight excluding hydrogens is 262 g/mol. The Labute approximate surface area is 127 Å². The third kappa shape index (κ3) is 3.83. The number of hydrogen-bond acceptors (Lipinski definition) is 3. The standard InChI is InChI=1S/C17H27N3O/c1-4-16(18)17(15-7-5-13(2)6-8-15)20-11-9-19(10-12-20)14(3)21/h5-8,16-17H,4,9-12,18H2,1-3H3. The molecule has 4 nitrogen and oxygen atoms in total. The van der Waals surface area contributed by atoms with Crippen LogP contribution in [0.5, 0.6) is 0 Å². The van der Waals surface area contributed by atoms with Gasteiger partial charge in [0.25, 0.3) is 0 Å². The predicted molar refractivity (Wildman–Crippen MR) is 86.0 cm³/mol. The van der Waals surface area contributed by atoms with E-state index >= 15 is 0 Å². The van der Waals surface area contributed by atoms with E-state index in [9.17, 15) is 4.79 Å². The molecule has 2 atom stereocenters. The summed E-state index contributed by atoms with van der Waals surface area (Å²) < 4.78 is 0. The van der Waals surface area contributed by atoms with Gasteiger partial charge in [0.1, 0.15) is 0 Å². The summed E-state index contributed by atoms with van der Waals surface area (Å²) in [5.41, 5.74) is 8.94. The molecule has 1 aromatic rings. The fourth-order valence-corrected chi connectivity index (χ4v) is 3.03. The number of hydrogen-bond donors (Lipinski definition) is 1. The zero-order valence-corrected chi connectivity index (χ0v) is 13.4. The summed E-state index contributed by atoms with van der Waals surface area (Å²) in [5.74, 6) is 0.168. The number of benzene rings is 1. The first-order valence-corrected chi connectivity index (χ1v) is 7.84. The van der Waals surface area contributed by atoms with Crippen LogP contribution in [-0.2, 0) is 4.79 Å². The lowest BCUT2D eigenvalue weighted by atomic mass is 9.95. The topological polar surface area (TPSA) is 49.6 Å². The molecule has 21 heavy (non-hydrogen) atoms. The van der Waals surface area contributed by atoms with Crippen molar-refractivity contribution in [2.75, 3.05) is 26.2 Å². The van der Waals surface area contributed by atoms with Gasteiger partial charge in [0.2, 0.25) is 5.91 Å². The molecule has 1 amide bonds. The Morgan fingerprint density at radius 2 is 1.76 bits per heavy atom. The second-order valence-electron chi connectivity index (χ2n) is 5.97. The van der Waals surface area contributed by atoms with Crippen LogP contribution in [0.25, 0.3) is 0 Å². The fraction of sp³-hybridized carbons (Fsp3) is 0.588. The third-order valence-electron chi connectivity index (χ3n) is 4.45. The molecule has 0 spiro atoms. The average molecular weight is 289 g/mol. The van der Waals surface area contributed by atoms with Crippen molar-refractivity contribution in [1.82, 2.24) is 9.80 Å². The monoisotopic (exact) mass is 289 g/mol. The van der Waals surface area contributed by atoms with E-state index in [-0.39, 0.29) is 18.0 Å². The highest BCUT2D eigenvalue weighted by molar-refractivity contribution is 5.73. The molecule has 2 unspecified atom stereocenters. The van der Waals surface area contributed by atoms with Crippen molar-refractivity contribution in [1.29, 1.82) is 0 Å². The summed E-state index contributed by atoms with van der Waals surface area (Å²) >= 11 is 0. The number of nitrogens with zero attached hydrogens (tertiary/aromatic N) is 2. The maximum atomic E-state index is 11.5. The van der Waals surface area contributed by atoms with Crippen LogP contribution in [0.2, 0.25) is 0 Å². The number of aryl methyl sites for hydroxylation is 1. The average Bonchev–Trinajstić information content (AvgIpc) is 2.49. The zero-order chi connectivity index (χ0) is 15.4. The number of rotatable bonds is 4. The van der Waals surface area contributed by atoms with Gasteiger partial charge in [0.15, 0.2) is 0 Å². The molecule has 0 saturated carbocycles. The van der Waals surface area contributed by atoms with Gasteiger partial charge in [-0.1, -0.05) is 36.8 Å². The summed E-state index contributed by atoms with van der Waals surface area (Å²) in [6.45, 7) is 9.27. The molecule has 1 aromatic carbocycles. The van der Waals surface area contributed by atoms with Gasteiger partial charge in [0.05, 0.1) is 6.04 Å². The molecule has 1 aliphatic rings.